The van der Waals surface area contributed by atoms with E-state index >= 15 is 0 Å². The minimum atomic E-state index is 0.291. The minimum absolute atomic E-state index is 0.291. The lowest BCUT2D eigenvalue weighted by atomic mass is 9.93. The van der Waals surface area contributed by atoms with Gasteiger partial charge < -0.3 is 5.11 Å². The summed E-state index contributed by atoms with van der Waals surface area (Å²) in [6.45, 7) is 2.11. The van der Waals surface area contributed by atoms with Crippen molar-refractivity contribution >= 4 is 64.2 Å². The van der Waals surface area contributed by atoms with Crippen molar-refractivity contribution in [2.75, 3.05) is 0 Å². The van der Waals surface area contributed by atoms with Crippen LogP contribution in [0.4, 0.5) is 0 Å². The lowest BCUT2D eigenvalue weighted by Crippen LogP contribution is -1.87. The molecule has 108 valence electrons. The second-order valence-electron chi connectivity index (χ2n) is 5.51. The fourth-order valence-corrected chi connectivity index (χ4v) is 4.46. The predicted molar refractivity (Wildman–Crippen MR) is 101 cm³/mol. The molecule has 0 bridgehead atoms. The van der Waals surface area contributed by atoms with E-state index in [0.717, 1.165) is 26.0 Å². The first-order valence-corrected chi connectivity index (χ1v) is 8.58. The molecular formula is C19H12Br2O. The Bertz CT molecular complexity index is 1070. The van der Waals surface area contributed by atoms with Gasteiger partial charge in [0, 0.05) is 20.6 Å². The molecule has 1 N–H and O–H groups in total. The van der Waals surface area contributed by atoms with Gasteiger partial charge in [-0.05, 0) is 56.7 Å². The average molecular weight is 416 g/mol. The molecular weight excluding hydrogens is 404 g/mol. The summed E-state index contributed by atoms with van der Waals surface area (Å²) in [5.41, 5.74) is 1.20. The second kappa shape index (κ2) is 4.97. The van der Waals surface area contributed by atoms with E-state index < -0.39 is 0 Å². The molecule has 0 spiro atoms. The van der Waals surface area contributed by atoms with Gasteiger partial charge >= 0.3 is 0 Å². The van der Waals surface area contributed by atoms with E-state index in [2.05, 4.69) is 69.1 Å². The van der Waals surface area contributed by atoms with Crippen LogP contribution in [0.1, 0.15) is 5.56 Å². The summed E-state index contributed by atoms with van der Waals surface area (Å²) in [4.78, 5) is 0. The van der Waals surface area contributed by atoms with Crippen LogP contribution in [-0.4, -0.2) is 5.11 Å². The van der Waals surface area contributed by atoms with Gasteiger partial charge in [0.25, 0.3) is 0 Å². The molecule has 0 atom stereocenters. The van der Waals surface area contributed by atoms with Crippen LogP contribution in [0.3, 0.4) is 0 Å². The Labute approximate surface area is 144 Å². The average Bonchev–Trinajstić information content (AvgIpc) is 2.52. The van der Waals surface area contributed by atoms with Crippen molar-refractivity contribution in [3.8, 4) is 5.75 Å². The Morgan fingerprint density at radius 1 is 0.773 bits per heavy atom. The van der Waals surface area contributed by atoms with E-state index in [0.29, 0.717) is 10.2 Å². The monoisotopic (exact) mass is 414 g/mol. The summed E-state index contributed by atoms with van der Waals surface area (Å²) in [7, 11) is 0. The fraction of sp³-hybridized carbons (Fsp3) is 0.0526. The molecule has 3 heteroatoms. The van der Waals surface area contributed by atoms with Crippen LogP contribution in [0, 0.1) is 6.92 Å². The number of fused-ring (bicyclic) bond motifs is 5. The van der Waals surface area contributed by atoms with E-state index in [9.17, 15) is 5.11 Å². The van der Waals surface area contributed by atoms with Gasteiger partial charge in [0.2, 0.25) is 0 Å². The summed E-state index contributed by atoms with van der Waals surface area (Å²) < 4.78 is 1.68. The number of phenols is 1. The molecule has 0 radical (unpaired) electrons. The molecule has 0 aliphatic rings. The van der Waals surface area contributed by atoms with Crippen molar-refractivity contribution in [3.05, 3.63) is 63.0 Å². The summed E-state index contributed by atoms with van der Waals surface area (Å²) in [5, 5.41) is 17.2. The number of aryl methyl sites for hydroxylation is 1. The third kappa shape index (κ3) is 1.89. The topological polar surface area (TPSA) is 20.2 Å². The smallest absolute Gasteiger partial charge is 0.138 e. The van der Waals surface area contributed by atoms with E-state index in [-0.39, 0.29) is 0 Å². The zero-order chi connectivity index (χ0) is 15.4. The zero-order valence-electron chi connectivity index (χ0n) is 11.8. The van der Waals surface area contributed by atoms with Crippen LogP contribution in [0.15, 0.2) is 57.5 Å². The highest BCUT2D eigenvalue weighted by molar-refractivity contribution is 9.11. The van der Waals surface area contributed by atoms with Gasteiger partial charge in [-0.15, -0.1) is 0 Å². The largest absolute Gasteiger partial charge is 0.506 e. The Kier molecular flexibility index (Phi) is 3.17. The van der Waals surface area contributed by atoms with Gasteiger partial charge in [-0.3, -0.25) is 0 Å². The van der Waals surface area contributed by atoms with E-state index in [1.54, 1.807) is 0 Å². The maximum atomic E-state index is 10.7. The van der Waals surface area contributed by atoms with Crippen LogP contribution in [-0.2, 0) is 0 Å². The molecule has 0 aromatic heterocycles. The lowest BCUT2D eigenvalue weighted by Gasteiger charge is -2.14. The van der Waals surface area contributed by atoms with Gasteiger partial charge in [-0.2, -0.15) is 0 Å². The molecule has 0 fully saturated rings. The highest BCUT2D eigenvalue weighted by Gasteiger charge is 2.15. The highest BCUT2D eigenvalue weighted by atomic mass is 79.9. The summed E-state index contributed by atoms with van der Waals surface area (Å²) in [5.74, 6) is 0.291. The second-order valence-corrected chi connectivity index (χ2v) is 7.22. The molecule has 4 aromatic carbocycles. The molecule has 0 unspecified atom stereocenters. The van der Waals surface area contributed by atoms with Crippen molar-refractivity contribution in [2.45, 2.75) is 6.92 Å². The molecule has 1 nitrogen and oxygen atoms in total. The Morgan fingerprint density at radius 2 is 1.55 bits per heavy atom. The third-order valence-corrected chi connectivity index (χ3v) is 5.47. The van der Waals surface area contributed by atoms with Gasteiger partial charge in [-0.25, -0.2) is 0 Å². The highest BCUT2D eigenvalue weighted by Crippen LogP contribution is 2.44. The predicted octanol–water partition coefficient (Wildman–Crippen LogP) is 6.69. The van der Waals surface area contributed by atoms with Crippen molar-refractivity contribution in [3.63, 3.8) is 0 Å². The van der Waals surface area contributed by atoms with E-state index in [1.165, 1.54) is 16.3 Å². The van der Waals surface area contributed by atoms with Crippen LogP contribution >= 0.6 is 31.9 Å². The Balaban J connectivity index is 2.44. The van der Waals surface area contributed by atoms with Gasteiger partial charge in [0.05, 0.1) is 4.47 Å². The van der Waals surface area contributed by atoms with Crippen LogP contribution < -0.4 is 0 Å². The number of phenolic OH excluding ortho intramolecular Hbond substituents is 1. The molecule has 0 aliphatic carbocycles. The normalized spacial score (nSPS) is 11.6. The SMILES string of the molecule is Cc1cc2c(Br)cc(Br)c(O)c2c2c1ccc1ccccc12. The summed E-state index contributed by atoms with van der Waals surface area (Å²) in [6.07, 6.45) is 0. The van der Waals surface area contributed by atoms with Gasteiger partial charge in [0.15, 0.2) is 0 Å². The maximum absolute atomic E-state index is 10.7. The van der Waals surface area contributed by atoms with Gasteiger partial charge in [-0.1, -0.05) is 52.3 Å². The molecule has 0 heterocycles. The lowest BCUT2D eigenvalue weighted by molar-refractivity contribution is 0.478. The first kappa shape index (κ1) is 14.0. The van der Waals surface area contributed by atoms with Crippen LogP contribution in [0.25, 0.3) is 32.3 Å². The van der Waals surface area contributed by atoms with E-state index in [4.69, 9.17) is 0 Å². The fourth-order valence-electron chi connectivity index (χ4n) is 3.18. The van der Waals surface area contributed by atoms with Crippen molar-refractivity contribution in [2.24, 2.45) is 0 Å². The Morgan fingerprint density at radius 3 is 2.36 bits per heavy atom. The Hall–Kier alpha value is -1.58. The quantitative estimate of drug-likeness (QED) is 0.317. The number of aromatic hydroxyl groups is 1. The number of halogens is 2. The molecule has 0 aliphatic heterocycles. The van der Waals surface area contributed by atoms with Crippen molar-refractivity contribution in [1.82, 2.24) is 0 Å². The van der Waals surface area contributed by atoms with Crippen LogP contribution in [0.5, 0.6) is 5.75 Å². The first-order valence-electron chi connectivity index (χ1n) is 6.99. The number of hydrogen-bond donors (Lipinski definition) is 1. The molecule has 0 saturated carbocycles. The molecule has 4 aromatic rings. The third-order valence-electron chi connectivity index (χ3n) is 4.21. The van der Waals surface area contributed by atoms with E-state index in [1.807, 2.05) is 18.2 Å². The summed E-state index contributed by atoms with van der Waals surface area (Å²) >= 11 is 7.08. The molecule has 0 amide bonds. The number of benzene rings is 4. The van der Waals surface area contributed by atoms with Gasteiger partial charge in [0.1, 0.15) is 5.75 Å². The molecule has 0 saturated heterocycles. The van der Waals surface area contributed by atoms with Crippen molar-refractivity contribution < 1.29 is 5.11 Å². The maximum Gasteiger partial charge on any atom is 0.138 e. The first-order chi connectivity index (χ1) is 10.6. The van der Waals surface area contributed by atoms with Crippen LogP contribution in [0.2, 0.25) is 0 Å². The standard InChI is InChI=1S/C19H12Br2O/c1-10-8-14-15(20)9-16(21)19(22)18(14)17-12(10)7-6-11-4-2-3-5-13(11)17/h2-9,22H,1H3. The minimum Gasteiger partial charge on any atom is -0.506 e. The molecule has 22 heavy (non-hydrogen) atoms. The summed E-state index contributed by atoms with van der Waals surface area (Å²) in [6, 6.07) is 16.6. The number of rotatable bonds is 0. The zero-order valence-corrected chi connectivity index (χ0v) is 15.0. The van der Waals surface area contributed by atoms with Crippen molar-refractivity contribution in [1.29, 1.82) is 0 Å². The number of hydrogen-bond acceptors (Lipinski definition) is 1. The molecule has 4 rings (SSSR count).